The van der Waals surface area contributed by atoms with E-state index < -0.39 is 0 Å². The molecule has 3 nitrogen and oxygen atoms in total. The fraction of sp³-hybridized carbons (Fsp3) is 0.391. The van der Waals surface area contributed by atoms with E-state index in [-0.39, 0.29) is 12.4 Å². The standard InChI is InChI=1S/C23H25NO2S/c1-14-9-11-16(12-10-14)21-18(13-20(25)26-3)15(2)24-23-22(21)17-7-5-4-6-8-19(17)27-23/h9-12H,4-8,13H2,1-3H3. The van der Waals surface area contributed by atoms with Gasteiger partial charge in [0.2, 0.25) is 0 Å². The summed E-state index contributed by atoms with van der Waals surface area (Å²) in [5, 5.41) is 1.27. The van der Waals surface area contributed by atoms with Gasteiger partial charge in [-0.3, -0.25) is 4.79 Å². The van der Waals surface area contributed by atoms with Crippen molar-refractivity contribution in [3.05, 3.63) is 51.5 Å². The Balaban J connectivity index is 2.04. The zero-order valence-electron chi connectivity index (χ0n) is 16.2. The molecule has 0 N–H and O–H groups in total. The SMILES string of the molecule is COC(=O)Cc1c(C)nc2sc3c(c2c1-c1ccc(C)cc1)CCCCC3. The summed E-state index contributed by atoms with van der Waals surface area (Å²) in [4.78, 5) is 19.7. The van der Waals surface area contributed by atoms with Crippen molar-refractivity contribution in [1.29, 1.82) is 0 Å². The van der Waals surface area contributed by atoms with Crippen molar-refractivity contribution in [3.63, 3.8) is 0 Å². The second-order valence-electron chi connectivity index (χ2n) is 7.41. The third kappa shape index (κ3) is 3.39. The highest BCUT2D eigenvalue weighted by Crippen LogP contribution is 2.42. The molecule has 0 spiro atoms. The van der Waals surface area contributed by atoms with Crippen molar-refractivity contribution in [2.24, 2.45) is 0 Å². The third-order valence-electron chi connectivity index (χ3n) is 5.55. The number of carbonyl (C=O) groups excluding carboxylic acids is 1. The molecule has 0 atom stereocenters. The molecule has 2 heterocycles. The summed E-state index contributed by atoms with van der Waals surface area (Å²) >= 11 is 1.85. The fourth-order valence-electron chi connectivity index (χ4n) is 4.09. The van der Waals surface area contributed by atoms with Gasteiger partial charge in [0.05, 0.1) is 13.5 Å². The van der Waals surface area contributed by atoms with Crippen molar-refractivity contribution in [2.75, 3.05) is 7.11 Å². The summed E-state index contributed by atoms with van der Waals surface area (Å²) in [6, 6.07) is 8.63. The van der Waals surface area contributed by atoms with E-state index in [0.717, 1.165) is 28.9 Å². The van der Waals surface area contributed by atoms with E-state index in [1.165, 1.54) is 58.9 Å². The lowest BCUT2D eigenvalue weighted by Crippen LogP contribution is -2.09. The summed E-state index contributed by atoms with van der Waals surface area (Å²) < 4.78 is 4.98. The van der Waals surface area contributed by atoms with Crippen molar-refractivity contribution in [2.45, 2.75) is 52.4 Å². The lowest BCUT2D eigenvalue weighted by Gasteiger charge is -2.15. The van der Waals surface area contributed by atoms with Crippen LogP contribution in [-0.4, -0.2) is 18.1 Å². The van der Waals surface area contributed by atoms with Crippen molar-refractivity contribution in [1.82, 2.24) is 4.98 Å². The van der Waals surface area contributed by atoms with Crippen LogP contribution in [0.5, 0.6) is 0 Å². The molecule has 0 aliphatic heterocycles. The highest BCUT2D eigenvalue weighted by Gasteiger charge is 2.24. The molecular formula is C23H25NO2S. The molecule has 0 unspecified atom stereocenters. The molecule has 1 aromatic carbocycles. The van der Waals surface area contributed by atoms with Gasteiger partial charge in [0.15, 0.2) is 0 Å². The number of aryl methyl sites for hydroxylation is 4. The van der Waals surface area contributed by atoms with Gasteiger partial charge in [-0.1, -0.05) is 36.2 Å². The number of fused-ring (bicyclic) bond motifs is 3. The Kier molecular flexibility index (Phi) is 5.00. The lowest BCUT2D eigenvalue weighted by molar-refractivity contribution is -0.139. The van der Waals surface area contributed by atoms with Gasteiger partial charge in [0.25, 0.3) is 0 Å². The van der Waals surface area contributed by atoms with Gasteiger partial charge in [0, 0.05) is 16.0 Å². The number of rotatable bonds is 3. The Morgan fingerprint density at radius 3 is 2.59 bits per heavy atom. The first-order chi connectivity index (χ1) is 13.1. The van der Waals surface area contributed by atoms with Crippen LogP contribution in [0.2, 0.25) is 0 Å². The first kappa shape index (κ1) is 18.2. The minimum atomic E-state index is -0.214. The van der Waals surface area contributed by atoms with Crippen molar-refractivity contribution in [3.8, 4) is 11.1 Å². The monoisotopic (exact) mass is 379 g/mol. The fourth-order valence-corrected chi connectivity index (χ4v) is 5.41. The van der Waals surface area contributed by atoms with Gasteiger partial charge in [-0.15, -0.1) is 11.3 Å². The molecule has 27 heavy (non-hydrogen) atoms. The number of benzene rings is 1. The van der Waals surface area contributed by atoms with Crippen LogP contribution in [0, 0.1) is 13.8 Å². The summed E-state index contributed by atoms with van der Waals surface area (Å²) in [6.07, 6.45) is 6.29. The van der Waals surface area contributed by atoms with Crippen LogP contribution >= 0.6 is 11.3 Å². The molecule has 0 amide bonds. The third-order valence-corrected chi connectivity index (χ3v) is 6.74. The summed E-state index contributed by atoms with van der Waals surface area (Å²) in [6.45, 7) is 4.11. The molecule has 0 radical (unpaired) electrons. The maximum Gasteiger partial charge on any atom is 0.310 e. The number of ether oxygens (including phenoxy) is 1. The highest BCUT2D eigenvalue weighted by molar-refractivity contribution is 7.19. The number of carbonyl (C=O) groups is 1. The van der Waals surface area contributed by atoms with E-state index in [4.69, 9.17) is 9.72 Å². The van der Waals surface area contributed by atoms with E-state index >= 15 is 0 Å². The van der Waals surface area contributed by atoms with Crippen LogP contribution in [0.4, 0.5) is 0 Å². The summed E-state index contributed by atoms with van der Waals surface area (Å²) in [5.41, 5.74) is 6.98. The number of pyridine rings is 1. The molecular weight excluding hydrogens is 354 g/mol. The Labute approximate surface area is 164 Å². The van der Waals surface area contributed by atoms with E-state index in [2.05, 4.69) is 31.2 Å². The van der Waals surface area contributed by atoms with E-state index in [1.807, 2.05) is 18.3 Å². The smallest absolute Gasteiger partial charge is 0.310 e. The van der Waals surface area contributed by atoms with Crippen LogP contribution in [-0.2, 0) is 28.8 Å². The molecule has 3 aromatic rings. The van der Waals surface area contributed by atoms with Crippen LogP contribution in [0.3, 0.4) is 0 Å². The largest absolute Gasteiger partial charge is 0.469 e. The molecule has 140 valence electrons. The van der Waals surface area contributed by atoms with Gasteiger partial charge < -0.3 is 4.74 Å². The molecule has 0 fully saturated rings. The van der Waals surface area contributed by atoms with Gasteiger partial charge in [-0.25, -0.2) is 4.98 Å². The average molecular weight is 380 g/mol. The quantitative estimate of drug-likeness (QED) is 0.441. The number of hydrogen-bond acceptors (Lipinski definition) is 4. The first-order valence-electron chi connectivity index (χ1n) is 9.66. The number of nitrogens with zero attached hydrogens (tertiary/aromatic N) is 1. The van der Waals surface area contributed by atoms with Gasteiger partial charge in [-0.05, 0) is 61.8 Å². The number of esters is 1. The second-order valence-corrected chi connectivity index (χ2v) is 8.50. The summed E-state index contributed by atoms with van der Waals surface area (Å²) in [5.74, 6) is -0.214. The van der Waals surface area contributed by atoms with Crippen LogP contribution in [0.1, 0.15) is 46.5 Å². The van der Waals surface area contributed by atoms with Crippen molar-refractivity contribution < 1.29 is 9.53 Å². The number of methoxy groups -OCH3 is 1. The molecule has 1 aliphatic carbocycles. The van der Waals surface area contributed by atoms with E-state index in [1.54, 1.807) is 0 Å². The van der Waals surface area contributed by atoms with Crippen LogP contribution in [0.15, 0.2) is 24.3 Å². The minimum Gasteiger partial charge on any atom is -0.469 e. The first-order valence-corrected chi connectivity index (χ1v) is 10.5. The van der Waals surface area contributed by atoms with Crippen LogP contribution in [0.25, 0.3) is 21.3 Å². The zero-order valence-corrected chi connectivity index (χ0v) is 17.0. The molecule has 0 bridgehead atoms. The molecule has 0 saturated heterocycles. The number of thiophene rings is 1. The zero-order chi connectivity index (χ0) is 19.0. The lowest BCUT2D eigenvalue weighted by atomic mass is 9.91. The van der Waals surface area contributed by atoms with Crippen LogP contribution < -0.4 is 0 Å². The maximum atomic E-state index is 12.1. The Hall–Kier alpha value is -2.20. The molecule has 4 rings (SSSR count). The van der Waals surface area contributed by atoms with Gasteiger partial charge >= 0.3 is 5.97 Å². The Bertz CT molecular complexity index is 1000. The molecule has 2 aromatic heterocycles. The minimum absolute atomic E-state index is 0.214. The summed E-state index contributed by atoms with van der Waals surface area (Å²) in [7, 11) is 1.45. The normalized spacial score (nSPS) is 14.0. The van der Waals surface area contributed by atoms with E-state index in [9.17, 15) is 4.79 Å². The highest BCUT2D eigenvalue weighted by atomic mass is 32.1. The number of hydrogen-bond donors (Lipinski definition) is 0. The van der Waals surface area contributed by atoms with Gasteiger partial charge in [0.1, 0.15) is 4.83 Å². The average Bonchev–Trinajstić information content (AvgIpc) is 2.84. The van der Waals surface area contributed by atoms with E-state index in [0.29, 0.717) is 0 Å². The molecule has 0 saturated carbocycles. The molecule has 1 aliphatic rings. The van der Waals surface area contributed by atoms with Crippen molar-refractivity contribution >= 4 is 27.5 Å². The Morgan fingerprint density at radius 2 is 1.85 bits per heavy atom. The predicted molar refractivity (Wildman–Crippen MR) is 112 cm³/mol. The predicted octanol–water partition coefficient (Wildman–Crippen LogP) is 5.56. The Morgan fingerprint density at radius 1 is 1.11 bits per heavy atom. The maximum absolute atomic E-state index is 12.1. The van der Waals surface area contributed by atoms with Gasteiger partial charge in [-0.2, -0.15) is 0 Å². The molecule has 4 heteroatoms. The topological polar surface area (TPSA) is 39.2 Å². The second kappa shape index (κ2) is 7.43. The number of aromatic nitrogens is 1.